The molecule has 14 nitrogen and oxygen atoms in total. The van der Waals surface area contributed by atoms with Crippen LogP contribution in [0.3, 0.4) is 0 Å². The smallest absolute Gasteiger partial charge is 0.379 e. The van der Waals surface area contributed by atoms with Gasteiger partial charge in [-0.25, -0.2) is 15.6 Å². The fourth-order valence-electron chi connectivity index (χ4n) is 5.80. The van der Waals surface area contributed by atoms with Crippen LogP contribution >= 0.6 is 11.6 Å². The molecule has 1 saturated heterocycles. The SMILES string of the molecule is N=NCCOCCOCCOCCc1cn(Cc2cccc(C(=O)Nc3ccc(N4CCCCC4)cc3C(=O)N/N=C/c3ccc(Cl)c(C(F)(F)F)c3)c2)nn1. The highest BCUT2D eigenvalue weighted by molar-refractivity contribution is 6.31. The van der Waals surface area contributed by atoms with E-state index >= 15 is 0 Å². The highest BCUT2D eigenvalue weighted by atomic mass is 35.5. The van der Waals surface area contributed by atoms with Crippen molar-refractivity contribution in [3.63, 3.8) is 0 Å². The van der Waals surface area contributed by atoms with E-state index in [0.717, 1.165) is 67.6 Å². The van der Waals surface area contributed by atoms with Crippen molar-refractivity contribution in [3.8, 4) is 0 Å². The van der Waals surface area contributed by atoms with Gasteiger partial charge in [-0.3, -0.25) is 9.59 Å². The molecule has 1 fully saturated rings. The molecule has 2 amide bonds. The van der Waals surface area contributed by atoms with Crippen molar-refractivity contribution < 1.29 is 37.0 Å². The number of halogens is 4. The van der Waals surface area contributed by atoms with Gasteiger partial charge < -0.3 is 24.4 Å². The predicted molar refractivity (Wildman–Crippen MR) is 204 cm³/mol. The van der Waals surface area contributed by atoms with E-state index in [9.17, 15) is 22.8 Å². The van der Waals surface area contributed by atoms with Crippen molar-refractivity contribution >= 4 is 41.0 Å². The number of hydrazone groups is 1. The van der Waals surface area contributed by atoms with Crippen LogP contribution < -0.4 is 15.6 Å². The molecule has 2 heterocycles. The van der Waals surface area contributed by atoms with Gasteiger partial charge in [-0.15, -0.1) is 5.10 Å². The minimum atomic E-state index is -4.66. The summed E-state index contributed by atoms with van der Waals surface area (Å²) in [6.45, 7) is 4.90. The number of amides is 2. The zero-order chi connectivity index (χ0) is 39.8. The number of carbonyl (C=O) groups excluding carboxylic acids is 2. The summed E-state index contributed by atoms with van der Waals surface area (Å²) < 4.78 is 58.0. The minimum Gasteiger partial charge on any atom is -0.379 e. The number of rotatable bonds is 20. The number of piperidine rings is 1. The van der Waals surface area contributed by atoms with Crippen LogP contribution in [0.2, 0.25) is 5.02 Å². The van der Waals surface area contributed by atoms with E-state index in [1.54, 1.807) is 35.0 Å². The zero-order valence-corrected chi connectivity index (χ0v) is 31.3. The van der Waals surface area contributed by atoms with Crippen LogP contribution in [0, 0.1) is 5.53 Å². The van der Waals surface area contributed by atoms with Crippen molar-refractivity contribution in [2.24, 2.45) is 10.2 Å². The van der Waals surface area contributed by atoms with Gasteiger partial charge in [-0.05, 0) is 72.9 Å². The molecule has 0 spiro atoms. The number of alkyl halides is 3. The van der Waals surface area contributed by atoms with Crippen molar-refractivity contribution in [3.05, 3.63) is 105 Å². The Hall–Kier alpha value is -5.23. The first-order valence-corrected chi connectivity index (χ1v) is 18.4. The third kappa shape index (κ3) is 12.9. The maximum atomic E-state index is 13.5. The molecule has 18 heteroatoms. The van der Waals surface area contributed by atoms with Crippen LogP contribution in [-0.4, -0.2) is 92.3 Å². The van der Waals surface area contributed by atoms with Gasteiger partial charge in [0.25, 0.3) is 11.8 Å². The molecule has 56 heavy (non-hydrogen) atoms. The Labute approximate surface area is 326 Å². The molecule has 3 N–H and O–H groups in total. The highest BCUT2D eigenvalue weighted by Gasteiger charge is 2.33. The summed E-state index contributed by atoms with van der Waals surface area (Å²) in [7, 11) is 0. The summed E-state index contributed by atoms with van der Waals surface area (Å²) >= 11 is 5.72. The van der Waals surface area contributed by atoms with E-state index in [4.69, 9.17) is 31.3 Å². The standard InChI is InChI=1S/C38H43ClF3N9O5/c39-34-9-7-27(22-33(34)38(40,41)42)24-45-48-37(53)32-23-31(50-13-2-1-3-14-50)8-10-35(32)46-36(52)29-6-4-5-28(21-29)25-51-26-30(47-49-51)11-15-54-17-19-56-20-18-55-16-12-44-43/h4-10,21-24,26,43H,1-3,11-20,25H2,(H,46,52)(H,48,53)/b44-43?,45-24+. The first kappa shape index (κ1) is 41.9. The van der Waals surface area contributed by atoms with Crippen LogP contribution in [0.4, 0.5) is 24.5 Å². The third-order valence-electron chi connectivity index (χ3n) is 8.61. The summed E-state index contributed by atoms with van der Waals surface area (Å²) in [4.78, 5) is 29.2. The molecule has 0 aliphatic carbocycles. The summed E-state index contributed by atoms with van der Waals surface area (Å²) in [6.07, 6.45) is 1.93. The molecular weight excluding hydrogens is 755 g/mol. The summed E-state index contributed by atoms with van der Waals surface area (Å²) in [5, 5.41) is 17.9. The lowest BCUT2D eigenvalue weighted by Crippen LogP contribution is -2.30. The lowest BCUT2D eigenvalue weighted by atomic mass is 10.1. The van der Waals surface area contributed by atoms with E-state index < -0.39 is 28.6 Å². The van der Waals surface area contributed by atoms with E-state index in [1.165, 1.54) is 6.07 Å². The quantitative estimate of drug-likeness (QED) is 0.0388. The third-order valence-corrected chi connectivity index (χ3v) is 8.94. The number of nitrogens with one attached hydrogen (secondary N) is 3. The second-order valence-electron chi connectivity index (χ2n) is 12.7. The predicted octanol–water partition coefficient (Wildman–Crippen LogP) is 6.63. The molecule has 1 aliphatic rings. The Morgan fingerprint density at radius 3 is 2.41 bits per heavy atom. The number of anilines is 2. The Morgan fingerprint density at radius 2 is 1.66 bits per heavy atom. The molecule has 3 aromatic carbocycles. The minimum absolute atomic E-state index is 0.0825. The van der Waals surface area contributed by atoms with E-state index in [0.29, 0.717) is 64.7 Å². The lowest BCUT2D eigenvalue weighted by molar-refractivity contribution is -0.137. The van der Waals surface area contributed by atoms with Crippen LogP contribution in [0.1, 0.15) is 62.4 Å². The van der Waals surface area contributed by atoms with Gasteiger partial charge in [0.05, 0.1) is 86.5 Å². The van der Waals surface area contributed by atoms with Crippen LogP contribution in [0.5, 0.6) is 0 Å². The Balaban J connectivity index is 1.18. The van der Waals surface area contributed by atoms with E-state index in [2.05, 4.69) is 36.2 Å². The van der Waals surface area contributed by atoms with Gasteiger partial charge in [0, 0.05) is 37.0 Å². The molecular formula is C38H43ClF3N9O5. The normalized spacial score (nSPS) is 13.2. The zero-order valence-electron chi connectivity index (χ0n) is 30.6. The average Bonchev–Trinajstić information content (AvgIpc) is 3.64. The fourth-order valence-corrected chi connectivity index (χ4v) is 6.02. The number of hydrogen-bond donors (Lipinski definition) is 3. The second-order valence-corrected chi connectivity index (χ2v) is 13.2. The monoisotopic (exact) mass is 797 g/mol. The maximum absolute atomic E-state index is 13.5. The van der Waals surface area contributed by atoms with Crippen molar-refractivity contribution in [1.82, 2.24) is 20.4 Å². The number of carbonyl (C=O) groups is 2. The van der Waals surface area contributed by atoms with Gasteiger partial charge >= 0.3 is 6.18 Å². The number of benzene rings is 3. The number of ether oxygens (including phenoxy) is 3. The molecule has 0 bridgehead atoms. The Kier molecular flexibility index (Phi) is 15.9. The van der Waals surface area contributed by atoms with Gasteiger partial charge in [-0.1, -0.05) is 35.0 Å². The van der Waals surface area contributed by atoms with Crippen LogP contribution in [0.15, 0.2) is 77.1 Å². The molecule has 5 rings (SSSR count). The first-order chi connectivity index (χ1) is 27.1. The van der Waals surface area contributed by atoms with Crippen LogP contribution in [0.25, 0.3) is 0 Å². The van der Waals surface area contributed by atoms with E-state index in [1.807, 2.05) is 18.3 Å². The number of hydrogen-bond acceptors (Lipinski definition) is 11. The van der Waals surface area contributed by atoms with E-state index in [-0.39, 0.29) is 16.8 Å². The fraction of sp³-hybridized carbons (Fsp3) is 0.395. The molecule has 1 aromatic heterocycles. The molecule has 0 saturated carbocycles. The van der Waals surface area contributed by atoms with Crippen LogP contribution in [-0.2, 0) is 33.4 Å². The first-order valence-electron chi connectivity index (χ1n) is 18.1. The average molecular weight is 798 g/mol. The number of aromatic nitrogens is 3. The van der Waals surface area contributed by atoms with Gasteiger partial charge in [0.2, 0.25) is 0 Å². The highest BCUT2D eigenvalue weighted by Crippen LogP contribution is 2.35. The Bertz CT molecular complexity index is 1950. The molecule has 298 valence electrons. The van der Waals surface area contributed by atoms with Gasteiger partial charge in [-0.2, -0.15) is 23.4 Å². The number of nitrogens with zero attached hydrogens (tertiary/aromatic N) is 6. The molecule has 0 radical (unpaired) electrons. The second kappa shape index (κ2) is 21.2. The van der Waals surface area contributed by atoms with Crippen molar-refractivity contribution in [1.29, 1.82) is 5.53 Å². The van der Waals surface area contributed by atoms with Gasteiger partial charge in [0.15, 0.2) is 0 Å². The van der Waals surface area contributed by atoms with Crippen molar-refractivity contribution in [2.45, 2.75) is 38.4 Å². The largest absolute Gasteiger partial charge is 0.417 e. The molecule has 0 unspecified atom stereocenters. The summed E-state index contributed by atoms with van der Waals surface area (Å²) in [5.41, 5.74) is 11.2. The summed E-state index contributed by atoms with van der Waals surface area (Å²) in [5.74, 6) is -1.12. The molecule has 1 aliphatic heterocycles. The van der Waals surface area contributed by atoms with Crippen molar-refractivity contribution in [2.75, 3.05) is 69.5 Å². The van der Waals surface area contributed by atoms with Gasteiger partial charge in [0.1, 0.15) is 0 Å². The molecule has 4 aromatic rings. The topological polar surface area (TPSA) is 168 Å². The lowest BCUT2D eigenvalue weighted by Gasteiger charge is -2.29. The Morgan fingerprint density at radius 1 is 0.911 bits per heavy atom. The summed E-state index contributed by atoms with van der Waals surface area (Å²) in [6, 6.07) is 15.5. The maximum Gasteiger partial charge on any atom is 0.417 e. The molecule has 0 atom stereocenters.